The zero-order valence-electron chi connectivity index (χ0n) is 17.0. The predicted octanol–water partition coefficient (Wildman–Crippen LogP) is 2.92. The van der Waals surface area contributed by atoms with E-state index in [1.165, 1.54) is 16.8 Å². The van der Waals surface area contributed by atoms with Crippen molar-refractivity contribution in [3.8, 4) is 5.75 Å². The van der Waals surface area contributed by atoms with Gasteiger partial charge in [-0.25, -0.2) is 0 Å². The number of hydrogen-bond donors (Lipinski definition) is 1. The lowest BCUT2D eigenvalue weighted by molar-refractivity contribution is -0.133. The summed E-state index contributed by atoms with van der Waals surface area (Å²) in [6, 6.07) is 11.9. The van der Waals surface area contributed by atoms with E-state index < -0.39 is 0 Å². The highest BCUT2D eigenvalue weighted by molar-refractivity contribution is 5.94. The molecule has 0 aliphatic carbocycles. The van der Waals surface area contributed by atoms with E-state index in [0.717, 1.165) is 24.3 Å². The second kappa shape index (κ2) is 8.15. The molecule has 1 N–H and O–H groups in total. The largest absolute Gasteiger partial charge is 0.484 e. The summed E-state index contributed by atoms with van der Waals surface area (Å²) in [7, 11) is 0. The van der Waals surface area contributed by atoms with Gasteiger partial charge < -0.3 is 19.9 Å². The normalized spacial score (nSPS) is 16.3. The van der Waals surface area contributed by atoms with Crippen LogP contribution < -0.4 is 15.0 Å². The smallest absolute Gasteiger partial charge is 0.260 e. The predicted molar refractivity (Wildman–Crippen MR) is 114 cm³/mol. The summed E-state index contributed by atoms with van der Waals surface area (Å²) in [5, 5.41) is 2.85. The van der Waals surface area contributed by atoms with Gasteiger partial charge in [0.1, 0.15) is 5.75 Å². The zero-order valence-corrected chi connectivity index (χ0v) is 17.0. The summed E-state index contributed by atoms with van der Waals surface area (Å²) < 4.78 is 5.74. The summed E-state index contributed by atoms with van der Waals surface area (Å²) in [5.41, 5.74) is 5.74. The maximum atomic E-state index is 12.6. The maximum absolute atomic E-state index is 12.6. The van der Waals surface area contributed by atoms with E-state index in [1.807, 2.05) is 17.0 Å². The van der Waals surface area contributed by atoms with Gasteiger partial charge in [0.15, 0.2) is 6.61 Å². The summed E-state index contributed by atoms with van der Waals surface area (Å²) in [6.45, 7) is 7.37. The van der Waals surface area contributed by atoms with Crippen LogP contribution in [0.5, 0.6) is 5.75 Å². The molecular weight excluding hydrogens is 366 g/mol. The van der Waals surface area contributed by atoms with Crippen LogP contribution in [0.25, 0.3) is 0 Å². The SMILES string of the molecule is Cc1cccc(N2CCN(C(=O)COc3ccc4c(c3)CCC(=O)N4)CC2)c1C. The number of piperazine rings is 1. The average Bonchev–Trinajstić information content (AvgIpc) is 2.74. The molecule has 2 aromatic rings. The first-order chi connectivity index (χ1) is 14.0. The van der Waals surface area contributed by atoms with Crippen LogP contribution >= 0.6 is 0 Å². The van der Waals surface area contributed by atoms with Crippen molar-refractivity contribution in [2.75, 3.05) is 43.0 Å². The summed E-state index contributed by atoms with van der Waals surface area (Å²) in [4.78, 5) is 28.3. The molecule has 0 bridgehead atoms. The van der Waals surface area contributed by atoms with E-state index in [4.69, 9.17) is 4.74 Å². The van der Waals surface area contributed by atoms with Gasteiger partial charge in [-0.1, -0.05) is 12.1 Å². The number of fused-ring (bicyclic) bond motifs is 1. The monoisotopic (exact) mass is 393 g/mol. The Labute approximate surface area is 171 Å². The molecule has 0 atom stereocenters. The van der Waals surface area contributed by atoms with Crippen molar-refractivity contribution in [1.82, 2.24) is 4.90 Å². The standard InChI is InChI=1S/C23H27N3O3/c1-16-4-3-5-21(17(16)2)25-10-12-26(13-11-25)23(28)15-29-19-7-8-20-18(14-19)6-9-22(27)24-20/h3-5,7-8,14H,6,9-13,15H2,1-2H3,(H,24,27). The third kappa shape index (κ3) is 4.21. The van der Waals surface area contributed by atoms with Gasteiger partial charge >= 0.3 is 0 Å². The molecule has 2 aliphatic heterocycles. The topological polar surface area (TPSA) is 61.9 Å². The van der Waals surface area contributed by atoms with Gasteiger partial charge in [0, 0.05) is 44.0 Å². The average molecular weight is 393 g/mol. The molecule has 6 heteroatoms. The first-order valence-electron chi connectivity index (χ1n) is 10.2. The Bertz CT molecular complexity index is 933. The third-order valence-electron chi connectivity index (χ3n) is 5.88. The Morgan fingerprint density at radius 3 is 2.66 bits per heavy atom. The zero-order chi connectivity index (χ0) is 20.4. The Morgan fingerprint density at radius 1 is 1.07 bits per heavy atom. The van der Waals surface area contributed by atoms with Crippen LogP contribution in [0.1, 0.15) is 23.1 Å². The van der Waals surface area contributed by atoms with E-state index in [0.29, 0.717) is 31.7 Å². The minimum Gasteiger partial charge on any atom is -0.484 e. The molecule has 4 rings (SSSR count). The third-order valence-corrected chi connectivity index (χ3v) is 5.88. The quantitative estimate of drug-likeness (QED) is 0.868. The first-order valence-corrected chi connectivity index (χ1v) is 10.2. The molecule has 0 radical (unpaired) electrons. The molecule has 0 aromatic heterocycles. The highest BCUT2D eigenvalue weighted by Gasteiger charge is 2.23. The number of carbonyl (C=O) groups excluding carboxylic acids is 2. The van der Waals surface area contributed by atoms with Crippen LogP contribution in [0.15, 0.2) is 36.4 Å². The molecule has 1 saturated heterocycles. The van der Waals surface area contributed by atoms with Crippen molar-refractivity contribution >= 4 is 23.2 Å². The molecule has 2 aromatic carbocycles. The van der Waals surface area contributed by atoms with Crippen LogP contribution in [0.4, 0.5) is 11.4 Å². The van der Waals surface area contributed by atoms with Gasteiger partial charge in [-0.05, 0) is 61.2 Å². The first kappa shape index (κ1) is 19.3. The molecule has 2 aliphatic rings. The van der Waals surface area contributed by atoms with Gasteiger partial charge in [-0.15, -0.1) is 0 Å². The van der Waals surface area contributed by atoms with E-state index in [-0.39, 0.29) is 18.4 Å². The number of hydrogen-bond acceptors (Lipinski definition) is 4. The molecule has 0 saturated carbocycles. The summed E-state index contributed by atoms with van der Waals surface area (Å²) in [5.74, 6) is 0.722. The number of amides is 2. The number of rotatable bonds is 4. The molecule has 1 fully saturated rings. The van der Waals surface area contributed by atoms with Gasteiger partial charge in [0.05, 0.1) is 0 Å². The van der Waals surface area contributed by atoms with Crippen molar-refractivity contribution in [1.29, 1.82) is 0 Å². The molecule has 2 amide bonds. The van der Waals surface area contributed by atoms with Crippen molar-refractivity contribution in [2.24, 2.45) is 0 Å². The van der Waals surface area contributed by atoms with E-state index >= 15 is 0 Å². The fraction of sp³-hybridized carbons (Fsp3) is 0.391. The van der Waals surface area contributed by atoms with E-state index in [2.05, 4.69) is 42.3 Å². The second-order valence-electron chi connectivity index (χ2n) is 7.74. The Kier molecular flexibility index (Phi) is 5.43. The van der Waals surface area contributed by atoms with Crippen LogP contribution in [0.2, 0.25) is 0 Å². The lowest BCUT2D eigenvalue weighted by Gasteiger charge is -2.37. The molecule has 2 heterocycles. The van der Waals surface area contributed by atoms with E-state index in [1.54, 1.807) is 6.07 Å². The van der Waals surface area contributed by atoms with Crippen molar-refractivity contribution in [3.63, 3.8) is 0 Å². The van der Waals surface area contributed by atoms with Gasteiger partial charge in [-0.3, -0.25) is 9.59 Å². The number of nitrogens with one attached hydrogen (secondary N) is 1. The van der Waals surface area contributed by atoms with Gasteiger partial charge in [-0.2, -0.15) is 0 Å². The number of aryl methyl sites for hydroxylation is 2. The van der Waals surface area contributed by atoms with Crippen molar-refractivity contribution < 1.29 is 14.3 Å². The fourth-order valence-electron chi connectivity index (χ4n) is 3.96. The van der Waals surface area contributed by atoms with Crippen LogP contribution in [-0.4, -0.2) is 49.5 Å². The van der Waals surface area contributed by atoms with Gasteiger partial charge in [0.2, 0.25) is 5.91 Å². The Morgan fingerprint density at radius 2 is 1.86 bits per heavy atom. The minimum atomic E-state index is 0.0108. The lowest BCUT2D eigenvalue weighted by Crippen LogP contribution is -2.50. The van der Waals surface area contributed by atoms with Crippen molar-refractivity contribution in [3.05, 3.63) is 53.1 Å². The number of anilines is 2. The van der Waals surface area contributed by atoms with Crippen LogP contribution in [-0.2, 0) is 16.0 Å². The highest BCUT2D eigenvalue weighted by atomic mass is 16.5. The fourth-order valence-corrected chi connectivity index (χ4v) is 3.96. The maximum Gasteiger partial charge on any atom is 0.260 e. The lowest BCUT2D eigenvalue weighted by atomic mass is 10.0. The molecule has 29 heavy (non-hydrogen) atoms. The second-order valence-corrected chi connectivity index (χ2v) is 7.74. The van der Waals surface area contributed by atoms with Crippen LogP contribution in [0.3, 0.4) is 0 Å². The number of nitrogens with zero attached hydrogens (tertiary/aromatic N) is 2. The molecular formula is C23H27N3O3. The Hall–Kier alpha value is -3.02. The molecule has 0 unspecified atom stereocenters. The Balaban J connectivity index is 1.30. The number of ether oxygens (including phenoxy) is 1. The van der Waals surface area contributed by atoms with E-state index in [9.17, 15) is 9.59 Å². The molecule has 6 nitrogen and oxygen atoms in total. The minimum absolute atomic E-state index is 0.0108. The summed E-state index contributed by atoms with van der Waals surface area (Å²) in [6.07, 6.45) is 1.19. The molecule has 0 spiro atoms. The highest BCUT2D eigenvalue weighted by Crippen LogP contribution is 2.27. The molecule has 152 valence electrons. The number of benzene rings is 2. The van der Waals surface area contributed by atoms with Crippen molar-refractivity contribution in [2.45, 2.75) is 26.7 Å². The van der Waals surface area contributed by atoms with Gasteiger partial charge in [0.25, 0.3) is 5.91 Å². The number of carbonyl (C=O) groups is 2. The van der Waals surface area contributed by atoms with Crippen LogP contribution in [0, 0.1) is 13.8 Å². The summed E-state index contributed by atoms with van der Waals surface area (Å²) >= 11 is 0.